The third kappa shape index (κ3) is 37.2. The maximum atomic E-state index is 13.3. The van der Waals surface area contributed by atoms with Gasteiger partial charge in [-0.05, 0) is 70.6 Å². The molecular weight excluding hydrogens is 1030 g/mol. The smallest absolute Gasteiger partial charge is 0.220 e. The van der Waals surface area contributed by atoms with E-state index in [0.717, 1.165) is 44.9 Å². The van der Waals surface area contributed by atoms with Crippen LogP contribution in [0.4, 0.5) is 0 Å². The first kappa shape index (κ1) is 75.0. The first-order chi connectivity index (χ1) is 39.6. The summed E-state index contributed by atoms with van der Waals surface area (Å²) >= 11 is 0. The molecule has 0 aromatic heterocycles. The van der Waals surface area contributed by atoms with E-state index in [9.17, 15) is 45.6 Å². The van der Waals surface area contributed by atoms with Crippen LogP contribution in [0, 0.1) is 0 Å². The fraction of sp³-hybridized carbons (Fsp3) is 0.866. The number of hydrogen-bond donors (Lipinski definition) is 9. The van der Waals surface area contributed by atoms with Crippen molar-refractivity contribution in [2.45, 2.75) is 351 Å². The maximum Gasteiger partial charge on any atom is 0.220 e. The molecule has 2 fully saturated rings. The van der Waals surface area contributed by atoms with Crippen LogP contribution in [0.1, 0.15) is 277 Å². The van der Waals surface area contributed by atoms with E-state index in [4.69, 9.17) is 18.9 Å². The standard InChI is InChI=1S/C67H123NO13/c1-3-5-7-9-11-13-15-17-19-20-21-22-23-24-25-26-27-28-29-30-31-32-33-34-35-36-37-39-41-43-45-47-49-51-59(72)68-55(56(71)50-48-46-44-42-40-38-18-16-14-12-10-8-6-4-2)54-78-66-64(77)62(75)65(58(53-70)80-66)81-67-63(76)61(74)60(73)57(52-69)79-67/h14,16,20-21,40,42,48,50,55-58,60-67,69-71,73-77H,3-13,15,17-19,22-39,41,43-47,49,51-54H2,1-2H3,(H,68,72)/b16-14+,21-20-,42-40+,50-48+. The zero-order valence-corrected chi connectivity index (χ0v) is 51.3. The maximum absolute atomic E-state index is 13.3. The second-order valence-corrected chi connectivity index (χ2v) is 23.6. The molecule has 0 saturated carbocycles. The Bertz CT molecular complexity index is 1540. The minimum absolute atomic E-state index is 0.251. The molecule has 474 valence electrons. The van der Waals surface area contributed by atoms with Crippen molar-refractivity contribution in [3.63, 3.8) is 0 Å². The summed E-state index contributed by atoms with van der Waals surface area (Å²) < 4.78 is 22.8. The molecule has 12 unspecified atom stereocenters. The Morgan fingerprint density at radius 2 is 0.790 bits per heavy atom. The lowest BCUT2D eigenvalue weighted by Gasteiger charge is -2.46. The van der Waals surface area contributed by atoms with E-state index >= 15 is 0 Å². The van der Waals surface area contributed by atoms with E-state index in [1.54, 1.807) is 6.08 Å². The second-order valence-electron chi connectivity index (χ2n) is 23.6. The molecule has 0 aromatic rings. The summed E-state index contributed by atoms with van der Waals surface area (Å²) in [5.74, 6) is -0.251. The third-order valence-corrected chi connectivity index (χ3v) is 16.2. The van der Waals surface area contributed by atoms with Gasteiger partial charge >= 0.3 is 0 Å². The third-order valence-electron chi connectivity index (χ3n) is 16.2. The molecule has 2 aliphatic heterocycles. The minimum Gasteiger partial charge on any atom is -0.394 e. The molecule has 1 amide bonds. The topological polar surface area (TPSA) is 228 Å². The van der Waals surface area contributed by atoms with Gasteiger partial charge in [-0.2, -0.15) is 0 Å². The summed E-state index contributed by atoms with van der Waals surface area (Å²) in [7, 11) is 0. The molecule has 0 aliphatic carbocycles. The van der Waals surface area contributed by atoms with Gasteiger partial charge in [0.25, 0.3) is 0 Å². The van der Waals surface area contributed by atoms with Crippen LogP contribution in [0.25, 0.3) is 0 Å². The largest absolute Gasteiger partial charge is 0.394 e. The van der Waals surface area contributed by atoms with Crippen LogP contribution in [-0.2, 0) is 23.7 Å². The summed E-state index contributed by atoms with van der Waals surface area (Å²) in [4.78, 5) is 13.3. The molecule has 2 aliphatic rings. The van der Waals surface area contributed by atoms with Gasteiger partial charge in [0.05, 0.1) is 32.0 Å². The number of allylic oxidation sites excluding steroid dienone is 7. The van der Waals surface area contributed by atoms with E-state index in [1.165, 1.54) is 199 Å². The molecule has 12 atom stereocenters. The number of aliphatic hydroxyl groups excluding tert-OH is 8. The van der Waals surface area contributed by atoms with E-state index < -0.39 is 86.8 Å². The van der Waals surface area contributed by atoms with Crippen molar-refractivity contribution >= 4 is 5.91 Å². The number of carbonyl (C=O) groups is 1. The van der Waals surface area contributed by atoms with Gasteiger partial charge in [-0.25, -0.2) is 0 Å². The van der Waals surface area contributed by atoms with E-state index in [0.29, 0.717) is 12.8 Å². The van der Waals surface area contributed by atoms with Crippen LogP contribution >= 0.6 is 0 Å². The van der Waals surface area contributed by atoms with Crippen LogP contribution < -0.4 is 5.32 Å². The van der Waals surface area contributed by atoms with Crippen molar-refractivity contribution in [1.29, 1.82) is 0 Å². The van der Waals surface area contributed by atoms with Crippen molar-refractivity contribution in [1.82, 2.24) is 5.32 Å². The van der Waals surface area contributed by atoms with Gasteiger partial charge in [0.15, 0.2) is 12.6 Å². The number of nitrogens with one attached hydrogen (secondary N) is 1. The molecule has 0 bridgehead atoms. The molecule has 2 heterocycles. The highest BCUT2D eigenvalue weighted by Gasteiger charge is 2.51. The molecule has 9 N–H and O–H groups in total. The summed E-state index contributed by atoms with van der Waals surface area (Å²) in [6, 6.07) is -0.937. The summed E-state index contributed by atoms with van der Waals surface area (Å²) in [5.41, 5.74) is 0. The molecule has 0 aromatic carbocycles. The SMILES string of the molecule is CCCCCC/C=C/CC/C=C/CC/C=C/C(O)C(COC1OC(CO)C(OC2OC(CO)C(O)C(O)C2O)C(O)C1O)NC(=O)CCCCCCCCCCCCCCCCCCCCCCC/C=C\CCCCCCCCCC. The Balaban J connectivity index is 1.63. The fourth-order valence-electron chi connectivity index (χ4n) is 10.8. The van der Waals surface area contributed by atoms with Gasteiger partial charge in [-0.1, -0.05) is 249 Å². The molecule has 0 radical (unpaired) electrons. The van der Waals surface area contributed by atoms with Gasteiger partial charge < -0.3 is 65.1 Å². The lowest BCUT2D eigenvalue weighted by atomic mass is 9.97. The van der Waals surface area contributed by atoms with E-state index in [2.05, 4.69) is 55.6 Å². The van der Waals surface area contributed by atoms with Crippen molar-refractivity contribution in [2.24, 2.45) is 0 Å². The number of ether oxygens (including phenoxy) is 4. The van der Waals surface area contributed by atoms with Crippen molar-refractivity contribution < 1.29 is 64.6 Å². The van der Waals surface area contributed by atoms with Gasteiger partial charge in [-0.15, -0.1) is 0 Å². The van der Waals surface area contributed by atoms with Gasteiger partial charge in [0, 0.05) is 6.42 Å². The van der Waals surface area contributed by atoms with Crippen molar-refractivity contribution in [3.8, 4) is 0 Å². The predicted octanol–water partition coefficient (Wildman–Crippen LogP) is 12.7. The molecule has 14 heteroatoms. The average Bonchev–Trinajstić information content (AvgIpc) is 3.63. The normalized spacial score (nSPS) is 24.4. The van der Waals surface area contributed by atoms with Crippen molar-refractivity contribution in [3.05, 3.63) is 48.6 Å². The molecule has 81 heavy (non-hydrogen) atoms. The van der Waals surface area contributed by atoms with Gasteiger partial charge in [0.2, 0.25) is 5.91 Å². The second kappa shape index (κ2) is 52.3. The summed E-state index contributed by atoms with van der Waals surface area (Å²) in [6.07, 6.45) is 50.4. The first-order valence-electron chi connectivity index (χ1n) is 33.4. The van der Waals surface area contributed by atoms with Crippen LogP contribution in [0.15, 0.2) is 48.6 Å². The van der Waals surface area contributed by atoms with E-state index in [-0.39, 0.29) is 18.9 Å². The Kier molecular flexibility index (Phi) is 48.5. The van der Waals surface area contributed by atoms with E-state index in [1.807, 2.05) is 6.08 Å². The average molecular weight is 1150 g/mol. The number of amides is 1. The Morgan fingerprint density at radius 1 is 0.432 bits per heavy atom. The monoisotopic (exact) mass is 1150 g/mol. The Hall–Kier alpha value is -2.05. The van der Waals surface area contributed by atoms with Crippen LogP contribution in [0.2, 0.25) is 0 Å². The highest BCUT2D eigenvalue weighted by atomic mass is 16.7. The number of aliphatic hydroxyl groups is 8. The van der Waals surface area contributed by atoms with Crippen LogP contribution in [0.5, 0.6) is 0 Å². The first-order valence-corrected chi connectivity index (χ1v) is 33.4. The molecule has 0 spiro atoms. The highest BCUT2D eigenvalue weighted by molar-refractivity contribution is 5.76. The summed E-state index contributed by atoms with van der Waals surface area (Å²) in [6.45, 7) is 2.77. The quantitative estimate of drug-likeness (QED) is 0.0204. The number of carbonyl (C=O) groups excluding carboxylic acids is 1. The molecule has 2 rings (SSSR count). The van der Waals surface area contributed by atoms with Gasteiger partial charge in [-0.3, -0.25) is 4.79 Å². The lowest BCUT2D eigenvalue weighted by Crippen LogP contribution is -2.65. The molecule has 14 nitrogen and oxygen atoms in total. The minimum atomic E-state index is -1.79. The lowest BCUT2D eigenvalue weighted by molar-refractivity contribution is -0.359. The fourth-order valence-corrected chi connectivity index (χ4v) is 10.8. The Labute approximate surface area is 493 Å². The zero-order valence-electron chi connectivity index (χ0n) is 51.3. The number of hydrogen-bond acceptors (Lipinski definition) is 13. The Morgan fingerprint density at radius 3 is 1.22 bits per heavy atom. The van der Waals surface area contributed by atoms with Crippen LogP contribution in [0.3, 0.4) is 0 Å². The molecule has 2 saturated heterocycles. The highest BCUT2D eigenvalue weighted by Crippen LogP contribution is 2.30. The van der Waals surface area contributed by atoms with Crippen molar-refractivity contribution in [2.75, 3.05) is 19.8 Å². The molecular formula is C67H123NO13. The summed E-state index contributed by atoms with van der Waals surface area (Å²) in [5, 5.41) is 87.1. The zero-order chi connectivity index (χ0) is 58.8. The number of unbranched alkanes of at least 4 members (excludes halogenated alkanes) is 35. The predicted molar refractivity (Wildman–Crippen MR) is 327 cm³/mol. The van der Waals surface area contributed by atoms with Gasteiger partial charge in [0.1, 0.15) is 48.8 Å². The van der Waals surface area contributed by atoms with Crippen LogP contribution in [-0.4, -0.2) is 140 Å². The number of rotatable bonds is 54.